The monoisotopic (exact) mass is 169 g/mol. The molecule has 0 bridgehead atoms. The highest BCUT2D eigenvalue weighted by atomic mass is 16.3. The second-order valence-electron chi connectivity index (χ2n) is 2.95. The van der Waals surface area contributed by atoms with E-state index in [-0.39, 0.29) is 12.6 Å². The van der Waals surface area contributed by atoms with Gasteiger partial charge in [-0.1, -0.05) is 0 Å². The Labute approximate surface area is 72.0 Å². The first-order valence-electron chi connectivity index (χ1n) is 4.02. The van der Waals surface area contributed by atoms with Crippen LogP contribution in [0.2, 0.25) is 0 Å². The molecule has 68 valence electrons. The summed E-state index contributed by atoms with van der Waals surface area (Å²) in [5.41, 5.74) is 7.68. The van der Waals surface area contributed by atoms with E-state index in [0.29, 0.717) is 6.42 Å². The Morgan fingerprint density at radius 2 is 2.42 bits per heavy atom. The van der Waals surface area contributed by atoms with Crippen molar-refractivity contribution in [3.05, 3.63) is 17.5 Å². The van der Waals surface area contributed by atoms with Gasteiger partial charge in [0.2, 0.25) is 0 Å². The Hall–Kier alpha value is -0.870. The summed E-state index contributed by atoms with van der Waals surface area (Å²) < 4.78 is 1.78. The van der Waals surface area contributed by atoms with Crippen molar-refractivity contribution in [1.82, 2.24) is 9.78 Å². The molecule has 0 aliphatic rings. The summed E-state index contributed by atoms with van der Waals surface area (Å²) in [6.07, 6.45) is 0.566. The molecule has 1 heterocycles. The first-order valence-corrected chi connectivity index (χ1v) is 4.02. The van der Waals surface area contributed by atoms with Crippen molar-refractivity contribution in [3.8, 4) is 0 Å². The summed E-state index contributed by atoms with van der Waals surface area (Å²) in [7, 11) is 1.88. The van der Waals surface area contributed by atoms with E-state index in [1.807, 2.05) is 20.0 Å². The lowest BCUT2D eigenvalue weighted by molar-refractivity contribution is 0.275. The van der Waals surface area contributed by atoms with E-state index in [1.54, 1.807) is 4.68 Å². The molecule has 0 amide bonds. The van der Waals surface area contributed by atoms with Gasteiger partial charge in [-0.3, -0.25) is 4.68 Å². The van der Waals surface area contributed by atoms with Crippen molar-refractivity contribution in [3.63, 3.8) is 0 Å². The molecule has 0 aromatic carbocycles. The Bertz CT molecular complexity index is 237. The zero-order valence-corrected chi connectivity index (χ0v) is 7.49. The quantitative estimate of drug-likeness (QED) is 0.675. The van der Waals surface area contributed by atoms with Gasteiger partial charge < -0.3 is 10.8 Å². The van der Waals surface area contributed by atoms with Crippen LogP contribution in [0.5, 0.6) is 0 Å². The van der Waals surface area contributed by atoms with E-state index in [1.165, 1.54) is 0 Å². The van der Waals surface area contributed by atoms with E-state index in [0.717, 1.165) is 11.4 Å². The van der Waals surface area contributed by atoms with Gasteiger partial charge in [-0.05, 0) is 19.4 Å². The molecule has 0 fully saturated rings. The maximum Gasteiger partial charge on any atom is 0.0795 e. The topological polar surface area (TPSA) is 64.1 Å². The Morgan fingerprint density at radius 3 is 2.83 bits per heavy atom. The van der Waals surface area contributed by atoms with Crippen molar-refractivity contribution in [2.45, 2.75) is 19.4 Å². The molecule has 0 saturated carbocycles. The number of hydrogen-bond donors (Lipinski definition) is 2. The minimum absolute atomic E-state index is 0.108. The zero-order valence-electron chi connectivity index (χ0n) is 7.49. The number of nitrogens with zero attached hydrogens (tertiary/aromatic N) is 2. The molecule has 1 aromatic heterocycles. The lowest BCUT2D eigenvalue weighted by Crippen LogP contribution is -2.12. The fourth-order valence-electron chi connectivity index (χ4n) is 1.06. The molecule has 0 radical (unpaired) electrons. The van der Waals surface area contributed by atoms with E-state index >= 15 is 0 Å². The number of aliphatic hydroxyl groups is 1. The molecule has 1 rings (SSSR count). The van der Waals surface area contributed by atoms with Crippen LogP contribution >= 0.6 is 0 Å². The lowest BCUT2D eigenvalue weighted by Gasteiger charge is -2.04. The smallest absolute Gasteiger partial charge is 0.0795 e. The highest BCUT2D eigenvalue weighted by Gasteiger charge is 2.09. The summed E-state index contributed by atoms with van der Waals surface area (Å²) in [6.45, 7) is 2.08. The maximum absolute atomic E-state index is 8.66. The average Bonchev–Trinajstić information content (AvgIpc) is 2.33. The van der Waals surface area contributed by atoms with Crippen molar-refractivity contribution in [2.75, 3.05) is 6.61 Å². The second-order valence-corrected chi connectivity index (χ2v) is 2.95. The van der Waals surface area contributed by atoms with Gasteiger partial charge in [0, 0.05) is 19.3 Å². The van der Waals surface area contributed by atoms with Crippen LogP contribution in [0, 0.1) is 6.92 Å². The van der Waals surface area contributed by atoms with Crippen molar-refractivity contribution in [2.24, 2.45) is 12.8 Å². The fraction of sp³-hybridized carbons (Fsp3) is 0.625. The third-order valence-corrected chi connectivity index (χ3v) is 1.95. The van der Waals surface area contributed by atoms with E-state index < -0.39 is 0 Å². The first kappa shape index (κ1) is 9.22. The van der Waals surface area contributed by atoms with Crippen LogP contribution < -0.4 is 5.73 Å². The van der Waals surface area contributed by atoms with Crippen molar-refractivity contribution in [1.29, 1.82) is 0 Å². The summed E-state index contributed by atoms with van der Waals surface area (Å²) >= 11 is 0. The van der Waals surface area contributed by atoms with Gasteiger partial charge in [0.15, 0.2) is 0 Å². The predicted octanol–water partition coefficient (Wildman–Crippen LogP) is 0.111. The van der Waals surface area contributed by atoms with E-state index in [2.05, 4.69) is 5.10 Å². The molecule has 1 aromatic rings. The molecule has 1 unspecified atom stereocenters. The van der Waals surface area contributed by atoms with Gasteiger partial charge >= 0.3 is 0 Å². The summed E-state index contributed by atoms with van der Waals surface area (Å²) in [6, 6.07) is 1.80. The molecule has 0 aliphatic carbocycles. The number of rotatable bonds is 3. The van der Waals surface area contributed by atoms with E-state index in [4.69, 9.17) is 10.8 Å². The van der Waals surface area contributed by atoms with Crippen LogP contribution in [-0.4, -0.2) is 21.5 Å². The van der Waals surface area contributed by atoms with Gasteiger partial charge in [-0.25, -0.2) is 0 Å². The van der Waals surface area contributed by atoms with Gasteiger partial charge in [0.1, 0.15) is 0 Å². The van der Waals surface area contributed by atoms with Crippen LogP contribution in [-0.2, 0) is 7.05 Å². The maximum atomic E-state index is 8.66. The molecule has 0 aliphatic heterocycles. The Balaban J connectivity index is 2.74. The highest BCUT2D eigenvalue weighted by molar-refractivity contribution is 5.11. The van der Waals surface area contributed by atoms with Crippen molar-refractivity contribution < 1.29 is 5.11 Å². The molecule has 3 N–H and O–H groups in total. The summed E-state index contributed by atoms with van der Waals surface area (Å²) in [5, 5.41) is 12.9. The van der Waals surface area contributed by atoms with Gasteiger partial charge in [0.25, 0.3) is 0 Å². The molecule has 1 atom stereocenters. The minimum Gasteiger partial charge on any atom is -0.396 e. The van der Waals surface area contributed by atoms with Crippen LogP contribution in [0.15, 0.2) is 6.07 Å². The van der Waals surface area contributed by atoms with Crippen molar-refractivity contribution >= 4 is 0 Å². The first-order chi connectivity index (χ1) is 5.65. The SMILES string of the molecule is Cc1cc(C(N)CCO)nn1C. The molecule has 4 heteroatoms. The highest BCUT2D eigenvalue weighted by Crippen LogP contribution is 2.12. The lowest BCUT2D eigenvalue weighted by atomic mass is 10.1. The fourth-order valence-corrected chi connectivity index (χ4v) is 1.06. The number of nitrogens with two attached hydrogens (primary N) is 1. The molecular formula is C8H15N3O. The van der Waals surface area contributed by atoms with Crippen LogP contribution in [0.1, 0.15) is 23.9 Å². The largest absolute Gasteiger partial charge is 0.396 e. The molecule has 0 spiro atoms. The third kappa shape index (κ3) is 1.84. The Morgan fingerprint density at radius 1 is 1.75 bits per heavy atom. The summed E-state index contributed by atoms with van der Waals surface area (Å²) in [5.74, 6) is 0. The average molecular weight is 169 g/mol. The van der Waals surface area contributed by atoms with Gasteiger partial charge in [-0.2, -0.15) is 5.10 Å². The Kier molecular flexibility index (Phi) is 2.83. The van der Waals surface area contributed by atoms with Crippen LogP contribution in [0.3, 0.4) is 0 Å². The molecule has 0 saturated heterocycles. The third-order valence-electron chi connectivity index (χ3n) is 1.95. The van der Waals surface area contributed by atoms with Crippen LogP contribution in [0.4, 0.5) is 0 Å². The van der Waals surface area contributed by atoms with Crippen LogP contribution in [0.25, 0.3) is 0 Å². The minimum atomic E-state index is -0.144. The molecular weight excluding hydrogens is 154 g/mol. The number of aryl methyl sites for hydroxylation is 2. The summed E-state index contributed by atoms with van der Waals surface area (Å²) in [4.78, 5) is 0. The second kappa shape index (κ2) is 3.69. The predicted molar refractivity (Wildman–Crippen MR) is 46.6 cm³/mol. The number of aromatic nitrogens is 2. The normalized spacial score (nSPS) is 13.3. The number of hydrogen-bond acceptors (Lipinski definition) is 3. The number of aliphatic hydroxyl groups excluding tert-OH is 1. The van der Waals surface area contributed by atoms with Gasteiger partial charge in [0.05, 0.1) is 11.7 Å². The standard InChI is InChI=1S/C8H15N3O/c1-6-5-8(10-11(6)2)7(9)3-4-12/h5,7,12H,3-4,9H2,1-2H3. The molecule has 12 heavy (non-hydrogen) atoms. The van der Waals surface area contributed by atoms with E-state index in [9.17, 15) is 0 Å². The molecule has 4 nitrogen and oxygen atoms in total. The van der Waals surface area contributed by atoms with Gasteiger partial charge in [-0.15, -0.1) is 0 Å². The zero-order chi connectivity index (χ0) is 9.14.